The van der Waals surface area contributed by atoms with Gasteiger partial charge in [0.25, 0.3) is 0 Å². The van der Waals surface area contributed by atoms with Crippen molar-refractivity contribution in [3.63, 3.8) is 0 Å². The molecule has 2 heterocycles. The maximum atomic E-state index is 13.7. The molecule has 0 aliphatic carbocycles. The summed E-state index contributed by atoms with van der Waals surface area (Å²) in [5, 5.41) is 0. The molecule has 1 aromatic carbocycles. The Balaban J connectivity index is 1.97. The Kier molecular flexibility index (Phi) is 4.01. The van der Waals surface area contributed by atoms with Crippen LogP contribution in [-0.4, -0.2) is 16.7 Å². The third-order valence-electron chi connectivity index (χ3n) is 3.26. The fourth-order valence-corrected chi connectivity index (χ4v) is 3.62. The van der Waals surface area contributed by atoms with Gasteiger partial charge in [-0.15, -0.1) is 11.3 Å². The van der Waals surface area contributed by atoms with E-state index in [9.17, 15) is 4.39 Å². The lowest BCUT2D eigenvalue weighted by Gasteiger charge is -2.06. The number of ether oxygens (including phenoxy) is 1. The van der Waals surface area contributed by atoms with Gasteiger partial charge in [0, 0.05) is 23.6 Å². The van der Waals surface area contributed by atoms with E-state index in [0.29, 0.717) is 16.8 Å². The van der Waals surface area contributed by atoms with Gasteiger partial charge in [-0.05, 0) is 30.8 Å². The molecule has 3 rings (SSSR count). The van der Waals surface area contributed by atoms with Gasteiger partial charge in [-0.3, -0.25) is 0 Å². The third kappa shape index (κ3) is 2.84. The van der Waals surface area contributed by atoms with E-state index in [-0.39, 0.29) is 5.75 Å². The Morgan fingerprint density at radius 3 is 2.90 bits per heavy atom. The summed E-state index contributed by atoms with van der Waals surface area (Å²) in [6.07, 6.45) is 0.818. The number of imidazole rings is 1. The van der Waals surface area contributed by atoms with Gasteiger partial charge in [-0.2, -0.15) is 0 Å². The first-order valence-corrected chi connectivity index (χ1v) is 7.89. The van der Waals surface area contributed by atoms with Crippen LogP contribution in [0.1, 0.15) is 4.88 Å². The van der Waals surface area contributed by atoms with Crippen LogP contribution in [-0.2, 0) is 13.0 Å². The number of halogens is 2. The van der Waals surface area contributed by atoms with E-state index in [1.165, 1.54) is 18.1 Å². The normalized spacial score (nSPS) is 11.2. The first-order chi connectivity index (χ1) is 10.1. The molecule has 0 aliphatic rings. The minimum atomic E-state index is -0.404. The van der Waals surface area contributed by atoms with E-state index >= 15 is 0 Å². The minimum Gasteiger partial charge on any atom is -0.494 e. The quantitative estimate of drug-likeness (QED) is 0.690. The van der Waals surface area contributed by atoms with Gasteiger partial charge in [-0.25, -0.2) is 4.39 Å². The number of hydrogen-bond acceptors (Lipinski definition) is 3. The van der Waals surface area contributed by atoms with Crippen LogP contribution in [0.4, 0.5) is 4.39 Å². The highest BCUT2D eigenvalue weighted by atomic mass is 35.5. The molecular formula is C14H12ClFN2OS2. The summed E-state index contributed by atoms with van der Waals surface area (Å²) in [6.45, 7) is 0.699. The van der Waals surface area contributed by atoms with Crippen molar-refractivity contribution in [2.45, 2.75) is 13.0 Å². The summed E-state index contributed by atoms with van der Waals surface area (Å²) >= 11 is 12.8. The summed E-state index contributed by atoms with van der Waals surface area (Å²) < 4.78 is 22.0. The van der Waals surface area contributed by atoms with E-state index in [0.717, 1.165) is 16.3 Å². The molecule has 110 valence electrons. The molecule has 21 heavy (non-hydrogen) atoms. The number of nitrogens with zero attached hydrogens (tertiary/aromatic N) is 1. The highest BCUT2D eigenvalue weighted by Crippen LogP contribution is 2.26. The lowest BCUT2D eigenvalue weighted by atomic mass is 10.2. The Hall–Kier alpha value is -1.37. The third-order valence-corrected chi connectivity index (χ3v) is 4.87. The van der Waals surface area contributed by atoms with Crippen molar-refractivity contribution in [1.82, 2.24) is 9.55 Å². The number of benzene rings is 1. The molecule has 0 amide bonds. The summed E-state index contributed by atoms with van der Waals surface area (Å²) in [5.41, 5.74) is 1.50. The molecule has 7 heteroatoms. The Morgan fingerprint density at radius 2 is 2.24 bits per heavy atom. The molecule has 0 unspecified atom stereocenters. The number of aromatic nitrogens is 2. The molecule has 0 radical (unpaired) electrons. The molecule has 0 atom stereocenters. The predicted molar refractivity (Wildman–Crippen MR) is 86.7 cm³/mol. The molecule has 3 aromatic rings. The molecule has 3 nitrogen and oxygen atoms in total. The molecular weight excluding hydrogens is 331 g/mol. The fraction of sp³-hybridized carbons (Fsp3) is 0.214. The van der Waals surface area contributed by atoms with Crippen molar-refractivity contribution in [2.75, 3.05) is 7.11 Å². The lowest BCUT2D eigenvalue weighted by molar-refractivity contribution is 0.387. The Morgan fingerprint density at radius 1 is 1.43 bits per heavy atom. The number of hydrogen-bond donors (Lipinski definition) is 1. The van der Waals surface area contributed by atoms with Crippen LogP contribution in [0, 0.1) is 10.6 Å². The van der Waals surface area contributed by atoms with Gasteiger partial charge < -0.3 is 14.3 Å². The zero-order valence-corrected chi connectivity index (χ0v) is 13.5. The van der Waals surface area contributed by atoms with Crippen LogP contribution >= 0.6 is 35.2 Å². The minimum absolute atomic E-state index is 0.212. The number of aromatic amines is 1. The SMILES string of the molecule is COc1cc2c(cc1F)[nH]c(=S)n2CCc1ccc(Cl)s1. The van der Waals surface area contributed by atoms with Crippen LogP contribution in [0.2, 0.25) is 4.34 Å². The van der Waals surface area contributed by atoms with E-state index in [2.05, 4.69) is 4.98 Å². The number of nitrogens with one attached hydrogen (secondary N) is 1. The van der Waals surface area contributed by atoms with E-state index in [4.69, 9.17) is 28.6 Å². The fourth-order valence-electron chi connectivity index (χ4n) is 2.24. The summed E-state index contributed by atoms with van der Waals surface area (Å²) in [7, 11) is 1.45. The van der Waals surface area contributed by atoms with Gasteiger partial charge in [0.2, 0.25) is 0 Å². The largest absolute Gasteiger partial charge is 0.494 e. The standard InChI is InChI=1S/C14H12ClFN2OS2/c1-19-12-7-11-10(6-9(12)16)17-14(20)18(11)5-4-8-2-3-13(15)21-8/h2-3,6-7H,4-5H2,1H3,(H,17,20). The predicted octanol–water partition coefficient (Wildman–Crippen LogP) is 4.80. The molecule has 0 saturated carbocycles. The Labute approximate surface area is 134 Å². The van der Waals surface area contributed by atoms with Crippen molar-refractivity contribution in [1.29, 1.82) is 0 Å². The first kappa shape index (κ1) is 14.6. The molecule has 2 aromatic heterocycles. The van der Waals surface area contributed by atoms with E-state index in [1.54, 1.807) is 17.4 Å². The number of H-pyrrole nitrogens is 1. The molecule has 0 spiro atoms. The molecule has 0 aliphatic heterocycles. The zero-order chi connectivity index (χ0) is 15.0. The van der Waals surface area contributed by atoms with Gasteiger partial charge in [0.1, 0.15) is 0 Å². The van der Waals surface area contributed by atoms with Crippen molar-refractivity contribution < 1.29 is 9.13 Å². The topological polar surface area (TPSA) is 29.9 Å². The number of thiophene rings is 1. The number of fused-ring (bicyclic) bond motifs is 1. The van der Waals surface area contributed by atoms with Gasteiger partial charge in [0.15, 0.2) is 16.3 Å². The molecule has 1 N–H and O–H groups in total. The summed E-state index contributed by atoms with van der Waals surface area (Å²) in [5.74, 6) is -0.192. The second-order valence-corrected chi connectivity index (χ2v) is 6.73. The van der Waals surface area contributed by atoms with E-state index < -0.39 is 5.82 Å². The van der Waals surface area contributed by atoms with Crippen molar-refractivity contribution in [2.24, 2.45) is 0 Å². The highest BCUT2D eigenvalue weighted by Gasteiger charge is 2.11. The maximum absolute atomic E-state index is 13.7. The van der Waals surface area contributed by atoms with Crippen molar-refractivity contribution in [3.8, 4) is 5.75 Å². The molecule has 0 saturated heterocycles. The number of rotatable bonds is 4. The van der Waals surface area contributed by atoms with Crippen molar-refractivity contribution >= 4 is 46.2 Å². The van der Waals surface area contributed by atoms with Crippen LogP contribution in [0.15, 0.2) is 24.3 Å². The number of aryl methyl sites for hydroxylation is 2. The van der Waals surface area contributed by atoms with Crippen LogP contribution in [0.5, 0.6) is 5.75 Å². The molecule has 0 fully saturated rings. The number of methoxy groups -OCH3 is 1. The van der Waals surface area contributed by atoms with Gasteiger partial charge in [-0.1, -0.05) is 11.6 Å². The highest BCUT2D eigenvalue weighted by molar-refractivity contribution is 7.71. The summed E-state index contributed by atoms with van der Waals surface area (Å²) in [4.78, 5) is 4.21. The van der Waals surface area contributed by atoms with Gasteiger partial charge in [0.05, 0.1) is 22.5 Å². The molecule has 0 bridgehead atoms. The monoisotopic (exact) mass is 342 g/mol. The van der Waals surface area contributed by atoms with Crippen LogP contribution in [0.3, 0.4) is 0 Å². The van der Waals surface area contributed by atoms with Gasteiger partial charge >= 0.3 is 0 Å². The lowest BCUT2D eigenvalue weighted by Crippen LogP contribution is -2.00. The Bertz CT molecular complexity index is 852. The smallest absolute Gasteiger partial charge is 0.178 e. The van der Waals surface area contributed by atoms with Crippen LogP contribution < -0.4 is 4.74 Å². The first-order valence-electron chi connectivity index (χ1n) is 6.29. The second kappa shape index (κ2) is 5.79. The second-order valence-electron chi connectivity index (χ2n) is 4.54. The summed E-state index contributed by atoms with van der Waals surface area (Å²) in [6, 6.07) is 6.96. The van der Waals surface area contributed by atoms with Crippen molar-refractivity contribution in [3.05, 3.63) is 44.1 Å². The zero-order valence-electron chi connectivity index (χ0n) is 11.2. The maximum Gasteiger partial charge on any atom is 0.178 e. The average Bonchev–Trinajstić information content (AvgIpc) is 2.98. The van der Waals surface area contributed by atoms with E-state index in [1.807, 2.05) is 16.7 Å². The van der Waals surface area contributed by atoms with Crippen LogP contribution in [0.25, 0.3) is 11.0 Å². The average molecular weight is 343 g/mol.